The molecule has 0 aliphatic heterocycles. The van der Waals surface area contributed by atoms with Crippen LogP contribution in [0.3, 0.4) is 0 Å². The molecule has 36 heavy (non-hydrogen) atoms. The lowest BCUT2D eigenvalue weighted by Gasteiger charge is -2.01. The monoisotopic (exact) mass is 579 g/mol. The van der Waals surface area contributed by atoms with Gasteiger partial charge in [-0.25, -0.2) is 9.78 Å². The van der Waals surface area contributed by atoms with Gasteiger partial charge in [0.25, 0.3) is 5.69 Å². The minimum atomic E-state index is -0.534. The highest BCUT2D eigenvalue weighted by atomic mass is 79.9. The summed E-state index contributed by atoms with van der Waals surface area (Å²) >= 11 is 10.8. The summed E-state index contributed by atoms with van der Waals surface area (Å²) in [5.41, 5.74) is 1.19. The molecule has 0 saturated heterocycles. The molecule has 0 unspecified atom stereocenters. The molecule has 3 heterocycles. The Hall–Kier alpha value is -4.04. The molecule has 0 atom stereocenters. The maximum absolute atomic E-state index is 12.5. The van der Waals surface area contributed by atoms with Crippen LogP contribution in [-0.2, 0) is 0 Å². The summed E-state index contributed by atoms with van der Waals surface area (Å²) in [5.74, 6) is 0.751. The predicted molar refractivity (Wildman–Crippen MR) is 141 cm³/mol. The summed E-state index contributed by atoms with van der Waals surface area (Å²) in [6, 6.07) is 16.5. The summed E-state index contributed by atoms with van der Waals surface area (Å²) in [7, 11) is 0. The van der Waals surface area contributed by atoms with Crippen LogP contribution in [0.15, 0.2) is 78.1 Å². The van der Waals surface area contributed by atoms with E-state index in [1.807, 2.05) is 6.07 Å². The molecule has 176 valence electrons. The summed E-state index contributed by atoms with van der Waals surface area (Å²) in [6.07, 6.45) is 1.52. The van der Waals surface area contributed by atoms with Gasteiger partial charge in [0.05, 0.1) is 26.8 Å². The molecule has 8 nitrogen and oxygen atoms in total. The first-order chi connectivity index (χ1) is 17.3. The van der Waals surface area contributed by atoms with E-state index in [2.05, 4.69) is 27.0 Å². The first-order valence-electron chi connectivity index (χ1n) is 10.2. The van der Waals surface area contributed by atoms with Gasteiger partial charge in [-0.2, -0.15) is 5.26 Å². The number of non-ortho nitro benzene ring substituents is 1. The van der Waals surface area contributed by atoms with Crippen LogP contribution >= 0.6 is 38.9 Å². The van der Waals surface area contributed by atoms with Gasteiger partial charge in [0.15, 0.2) is 0 Å². The van der Waals surface area contributed by atoms with Crippen LogP contribution in [0, 0.1) is 21.4 Å². The lowest BCUT2D eigenvalue weighted by molar-refractivity contribution is -0.384. The number of furan rings is 1. The quantitative estimate of drug-likeness (QED) is 0.0909. The van der Waals surface area contributed by atoms with E-state index < -0.39 is 10.5 Å². The minimum absolute atomic E-state index is 0.130. The van der Waals surface area contributed by atoms with Crippen molar-refractivity contribution in [1.29, 1.82) is 5.26 Å². The minimum Gasteiger partial charge on any atom is -0.457 e. The second-order valence-electron chi connectivity index (χ2n) is 7.46. The van der Waals surface area contributed by atoms with E-state index in [4.69, 9.17) is 20.4 Å². The van der Waals surface area contributed by atoms with E-state index in [0.717, 1.165) is 9.86 Å². The standard InChI is InChI=1S/C25H11BrClN3O5S/c26-15-1-5-22-13(7-15)9-19(25(31)35-22)21-12-36-24(29-21)14(11-28)8-17-3-6-23(34-17)18-4-2-16(30(32)33)10-20(18)27/h1-10,12H. The summed E-state index contributed by atoms with van der Waals surface area (Å²) in [5, 5.41) is 23.6. The average molecular weight is 581 g/mol. The lowest BCUT2D eigenvalue weighted by atomic mass is 10.1. The molecule has 0 bridgehead atoms. The molecule has 3 aromatic heterocycles. The van der Waals surface area contributed by atoms with Gasteiger partial charge < -0.3 is 8.83 Å². The van der Waals surface area contributed by atoms with E-state index in [1.165, 1.54) is 35.6 Å². The molecule has 0 spiro atoms. The first-order valence-corrected chi connectivity index (χ1v) is 12.2. The van der Waals surface area contributed by atoms with Crippen molar-refractivity contribution in [1.82, 2.24) is 4.98 Å². The molecular weight excluding hydrogens is 570 g/mol. The molecule has 0 aliphatic rings. The Balaban J connectivity index is 1.46. The topological polar surface area (TPSA) is 123 Å². The van der Waals surface area contributed by atoms with Crippen molar-refractivity contribution >= 4 is 67.2 Å². The number of hydrogen-bond donors (Lipinski definition) is 0. The van der Waals surface area contributed by atoms with E-state index in [-0.39, 0.29) is 21.8 Å². The van der Waals surface area contributed by atoms with Crippen molar-refractivity contribution in [3.8, 4) is 28.7 Å². The fraction of sp³-hybridized carbons (Fsp3) is 0. The third kappa shape index (κ3) is 4.59. The molecule has 0 amide bonds. The van der Waals surface area contributed by atoms with Crippen molar-refractivity contribution in [3.63, 3.8) is 0 Å². The number of fused-ring (bicyclic) bond motifs is 1. The number of nitro groups is 1. The van der Waals surface area contributed by atoms with E-state index in [1.54, 1.807) is 35.7 Å². The van der Waals surface area contributed by atoms with Crippen LogP contribution in [0.1, 0.15) is 10.8 Å². The number of rotatable bonds is 5. The van der Waals surface area contributed by atoms with Crippen molar-refractivity contribution in [3.05, 3.63) is 101 Å². The van der Waals surface area contributed by atoms with Gasteiger partial charge >= 0.3 is 5.63 Å². The largest absolute Gasteiger partial charge is 0.457 e. The zero-order valence-corrected chi connectivity index (χ0v) is 21.1. The Labute approximate surface area is 220 Å². The molecule has 5 aromatic rings. The fourth-order valence-electron chi connectivity index (χ4n) is 3.47. The van der Waals surface area contributed by atoms with Crippen molar-refractivity contribution in [2.75, 3.05) is 0 Å². The Morgan fingerprint density at radius 2 is 1.97 bits per heavy atom. The predicted octanol–water partition coefficient (Wildman–Crippen LogP) is 7.56. The number of halogens is 2. The van der Waals surface area contributed by atoms with Gasteiger partial charge in [-0.15, -0.1) is 11.3 Å². The molecule has 0 fully saturated rings. The van der Waals surface area contributed by atoms with Crippen LogP contribution in [0.4, 0.5) is 5.69 Å². The van der Waals surface area contributed by atoms with E-state index in [0.29, 0.717) is 33.4 Å². The Morgan fingerprint density at radius 3 is 2.72 bits per heavy atom. The van der Waals surface area contributed by atoms with E-state index in [9.17, 15) is 20.2 Å². The molecule has 0 N–H and O–H groups in total. The second-order valence-corrected chi connectivity index (χ2v) is 9.64. The van der Waals surface area contributed by atoms with E-state index >= 15 is 0 Å². The zero-order valence-electron chi connectivity index (χ0n) is 17.9. The smallest absolute Gasteiger partial charge is 0.345 e. The van der Waals surface area contributed by atoms with Gasteiger partial charge in [0, 0.05) is 39.0 Å². The number of allylic oxidation sites excluding steroid dienone is 1. The first kappa shape index (κ1) is 23.7. The molecular formula is C25H11BrClN3O5S. The average Bonchev–Trinajstić information content (AvgIpc) is 3.52. The number of nitro benzene ring substituents is 1. The van der Waals surface area contributed by atoms with Gasteiger partial charge in [-0.3, -0.25) is 10.1 Å². The molecule has 5 rings (SSSR count). The number of nitrogens with zero attached hydrogens (tertiary/aromatic N) is 3. The Kier molecular flexibility index (Phi) is 6.28. The maximum Gasteiger partial charge on any atom is 0.345 e. The number of aromatic nitrogens is 1. The van der Waals surface area contributed by atoms with Crippen LogP contribution in [0.5, 0.6) is 0 Å². The highest BCUT2D eigenvalue weighted by Gasteiger charge is 2.16. The van der Waals surface area contributed by atoms with Gasteiger partial charge in [0.2, 0.25) is 0 Å². The summed E-state index contributed by atoms with van der Waals surface area (Å²) in [6.45, 7) is 0. The third-order valence-electron chi connectivity index (χ3n) is 5.17. The van der Waals surface area contributed by atoms with Crippen LogP contribution in [0.2, 0.25) is 5.02 Å². The Morgan fingerprint density at radius 1 is 1.14 bits per heavy atom. The van der Waals surface area contributed by atoms with Gasteiger partial charge in [0.1, 0.15) is 28.2 Å². The molecule has 2 aromatic carbocycles. The summed E-state index contributed by atoms with van der Waals surface area (Å²) in [4.78, 5) is 27.4. The fourth-order valence-corrected chi connectivity index (χ4v) is 4.90. The highest BCUT2D eigenvalue weighted by Crippen LogP contribution is 2.34. The zero-order chi connectivity index (χ0) is 25.4. The molecule has 0 radical (unpaired) electrons. The Bertz CT molecular complexity index is 1800. The van der Waals surface area contributed by atoms with Gasteiger partial charge in [-0.05, 0) is 42.5 Å². The highest BCUT2D eigenvalue weighted by molar-refractivity contribution is 9.10. The molecule has 11 heteroatoms. The number of thiazole rings is 1. The molecule has 0 saturated carbocycles. The van der Waals surface area contributed by atoms with Crippen LogP contribution < -0.4 is 5.63 Å². The van der Waals surface area contributed by atoms with Crippen LogP contribution in [0.25, 0.3) is 45.2 Å². The van der Waals surface area contributed by atoms with Crippen molar-refractivity contribution in [2.45, 2.75) is 0 Å². The number of benzene rings is 2. The SMILES string of the molecule is N#CC(=Cc1ccc(-c2ccc([N+](=O)[O-])cc2Cl)o1)c1nc(-c2cc3cc(Br)ccc3oc2=O)cs1. The van der Waals surface area contributed by atoms with Crippen LogP contribution in [-0.4, -0.2) is 9.91 Å². The maximum atomic E-state index is 12.5. The molecule has 0 aliphatic carbocycles. The lowest BCUT2D eigenvalue weighted by Crippen LogP contribution is -2.02. The number of nitriles is 1. The van der Waals surface area contributed by atoms with Gasteiger partial charge in [-0.1, -0.05) is 27.5 Å². The summed E-state index contributed by atoms with van der Waals surface area (Å²) < 4.78 is 12.1. The van der Waals surface area contributed by atoms with Crippen molar-refractivity contribution < 1.29 is 13.8 Å². The van der Waals surface area contributed by atoms with Crippen molar-refractivity contribution in [2.24, 2.45) is 0 Å². The number of hydrogen-bond acceptors (Lipinski definition) is 8. The third-order valence-corrected chi connectivity index (χ3v) is 6.85. The second kappa shape index (κ2) is 9.54. The normalized spacial score (nSPS) is 11.5.